The highest BCUT2D eigenvalue weighted by Crippen LogP contribution is 2.26. The molecule has 1 aromatic heterocycles. The van der Waals surface area contributed by atoms with E-state index in [-0.39, 0.29) is 49.2 Å². The lowest BCUT2D eigenvalue weighted by atomic mass is 10.00. The third kappa shape index (κ3) is 7.95. The maximum atomic E-state index is 12.0. The van der Waals surface area contributed by atoms with Crippen LogP contribution in [-0.4, -0.2) is 66.1 Å². The molecule has 156 valence electrons. The second kappa shape index (κ2) is 13.3. The number of anilines is 1. The number of amides is 1. The topological polar surface area (TPSA) is 87.4 Å². The average molecular weight is 442 g/mol. The quantitative estimate of drug-likeness (QED) is 0.695. The highest BCUT2D eigenvalue weighted by Gasteiger charge is 2.26. The summed E-state index contributed by atoms with van der Waals surface area (Å²) in [7, 11) is 0. The van der Waals surface area contributed by atoms with Gasteiger partial charge < -0.3 is 16.0 Å². The van der Waals surface area contributed by atoms with Crippen LogP contribution < -0.4 is 16.0 Å². The molecule has 1 aliphatic heterocycles. The molecule has 0 bridgehead atoms. The van der Waals surface area contributed by atoms with Gasteiger partial charge in [-0.15, -0.1) is 37.2 Å². The molecule has 2 fully saturated rings. The molecule has 0 spiro atoms. The first-order chi connectivity index (χ1) is 11.7. The predicted octanol–water partition coefficient (Wildman–Crippen LogP) is 1.50. The van der Waals surface area contributed by atoms with Crippen LogP contribution in [0.3, 0.4) is 0 Å². The lowest BCUT2D eigenvalue weighted by Crippen LogP contribution is -2.49. The van der Waals surface area contributed by atoms with Gasteiger partial charge in [-0.05, 0) is 24.8 Å². The third-order valence-corrected chi connectivity index (χ3v) is 5.12. The molecule has 10 heteroatoms. The summed E-state index contributed by atoms with van der Waals surface area (Å²) in [4.78, 5) is 25.2. The van der Waals surface area contributed by atoms with Crippen LogP contribution in [0.15, 0.2) is 18.5 Å². The molecule has 1 aromatic rings. The summed E-state index contributed by atoms with van der Waals surface area (Å²) in [5.41, 5.74) is 6.03. The van der Waals surface area contributed by atoms with Crippen molar-refractivity contribution in [3.8, 4) is 0 Å². The lowest BCUT2D eigenvalue weighted by molar-refractivity contribution is -0.122. The Morgan fingerprint density at radius 3 is 2.37 bits per heavy atom. The second-order valence-electron chi connectivity index (χ2n) is 6.79. The number of piperazine rings is 1. The van der Waals surface area contributed by atoms with Crippen molar-refractivity contribution in [3.05, 3.63) is 18.5 Å². The molecule has 7 nitrogen and oxygen atoms in total. The Balaban J connectivity index is 0.00000225. The predicted molar refractivity (Wildman–Crippen MR) is 115 cm³/mol. The van der Waals surface area contributed by atoms with Crippen LogP contribution in [0.4, 0.5) is 5.95 Å². The summed E-state index contributed by atoms with van der Waals surface area (Å²) in [5, 5.41) is 3.05. The summed E-state index contributed by atoms with van der Waals surface area (Å²) >= 11 is 0. The van der Waals surface area contributed by atoms with Crippen molar-refractivity contribution >= 4 is 49.1 Å². The number of aromatic nitrogens is 2. The molecular weight excluding hydrogens is 411 g/mol. The highest BCUT2D eigenvalue weighted by molar-refractivity contribution is 5.86. The van der Waals surface area contributed by atoms with Gasteiger partial charge in [-0.1, -0.05) is 6.42 Å². The fourth-order valence-electron chi connectivity index (χ4n) is 3.61. The first kappa shape index (κ1) is 26.1. The molecule has 0 radical (unpaired) electrons. The molecule has 1 saturated carbocycles. The van der Waals surface area contributed by atoms with E-state index in [1.54, 1.807) is 12.4 Å². The summed E-state index contributed by atoms with van der Waals surface area (Å²) in [6.45, 7) is 5.40. The van der Waals surface area contributed by atoms with E-state index in [1.807, 2.05) is 6.07 Å². The third-order valence-electron chi connectivity index (χ3n) is 5.12. The zero-order valence-electron chi connectivity index (χ0n) is 15.5. The largest absolute Gasteiger partial charge is 0.355 e. The zero-order chi connectivity index (χ0) is 16.8. The first-order valence-corrected chi connectivity index (χ1v) is 8.99. The van der Waals surface area contributed by atoms with E-state index in [9.17, 15) is 4.79 Å². The highest BCUT2D eigenvalue weighted by atomic mass is 35.5. The summed E-state index contributed by atoms with van der Waals surface area (Å²) in [5.74, 6) is 1.33. The van der Waals surface area contributed by atoms with Crippen LogP contribution in [0.2, 0.25) is 0 Å². The molecule has 2 atom stereocenters. The molecule has 1 aliphatic carbocycles. The number of carbonyl (C=O) groups is 1. The normalized spacial score (nSPS) is 22.2. The van der Waals surface area contributed by atoms with Gasteiger partial charge in [-0.3, -0.25) is 9.69 Å². The fraction of sp³-hybridized carbons (Fsp3) is 0.706. The van der Waals surface area contributed by atoms with E-state index < -0.39 is 0 Å². The Morgan fingerprint density at radius 2 is 1.78 bits per heavy atom. The number of nitrogens with zero attached hydrogens (tertiary/aromatic N) is 4. The van der Waals surface area contributed by atoms with E-state index in [4.69, 9.17) is 5.73 Å². The first-order valence-electron chi connectivity index (χ1n) is 8.99. The molecule has 2 heterocycles. The van der Waals surface area contributed by atoms with Gasteiger partial charge in [0.2, 0.25) is 11.9 Å². The molecular formula is C17H31Cl3N6O. The van der Waals surface area contributed by atoms with Gasteiger partial charge in [0.15, 0.2) is 0 Å². The number of rotatable bonds is 6. The van der Waals surface area contributed by atoms with Gasteiger partial charge in [0.1, 0.15) is 0 Å². The van der Waals surface area contributed by atoms with Crippen molar-refractivity contribution in [2.75, 3.05) is 44.2 Å². The van der Waals surface area contributed by atoms with Crippen LogP contribution in [0.25, 0.3) is 0 Å². The SMILES string of the molecule is Cl.Cl.Cl.N[C@@H]1CCC[C@H]1CC(=O)NCCN1CCN(c2ncccn2)CC1. The van der Waals surface area contributed by atoms with E-state index in [1.165, 1.54) is 0 Å². The standard InChI is InChI=1S/C17H28N6O.3ClH/c18-15-4-1-3-14(15)13-16(24)19-7-8-22-9-11-23(12-10-22)17-20-5-2-6-21-17;;;/h2,5-6,14-15H,1,3-4,7-13,18H2,(H,19,24);3*1H/t14-,15+;;;/m0.../s1. The summed E-state index contributed by atoms with van der Waals surface area (Å²) in [6.07, 6.45) is 7.46. The fourth-order valence-corrected chi connectivity index (χ4v) is 3.61. The Kier molecular flexibility index (Phi) is 12.9. The van der Waals surface area contributed by atoms with E-state index in [0.717, 1.165) is 57.9 Å². The van der Waals surface area contributed by atoms with Gasteiger partial charge in [0.25, 0.3) is 0 Å². The average Bonchev–Trinajstić information content (AvgIpc) is 3.01. The molecule has 1 amide bonds. The van der Waals surface area contributed by atoms with Crippen LogP contribution in [0.5, 0.6) is 0 Å². The van der Waals surface area contributed by atoms with Gasteiger partial charge >= 0.3 is 0 Å². The number of nitrogens with two attached hydrogens (primary N) is 1. The molecule has 3 rings (SSSR count). The molecule has 1 saturated heterocycles. The molecule has 27 heavy (non-hydrogen) atoms. The van der Waals surface area contributed by atoms with Crippen LogP contribution >= 0.6 is 37.2 Å². The van der Waals surface area contributed by atoms with Crippen molar-refractivity contribution in [2.24, 2.45) is 11.7 Å². The summed E-state index contributed by atoms with van der Waals surface area (Å²) < 4.78 is 0. The van der Waals surface area contributed by atoms with Crippen molar-refractivity contribution in [2.45, 2.75) is 31.7 Å². The lowest BCUT2D eigenvalue weighted by Gasteiger charge is -2.34. The Labute approximate surface area is 180 Å². The molecule has 0 unspecified atom stereocenters. The van der Waals surface area contributed by atoms with Gasteiger partial charge in [-0.2, -0.15) is 0 Å². The van der Waals surface area contributed by atoms with E-state index in [2.05, 4.69) is 25.1 Å². The van der Waals surface area contributed by atoms with Gasteiger partial charge in [-0.25, -0.2) is 9.97 Å². The Bertz CT molecular complexity index is 531. The monoisotopic (exact) mass is 440 g/mol. The van der Waals surface area contributed by atoms with Crippen molar-refractivity contribution in [1.29, 1.82) is 0 Å². The minimum Gasteiger partial charge on any atom is -0.355 e. The van der Waals surface area contributed by atoms with Crippen molar-refractivity contribution < 1.29 is 4.79 Å². The number of hydrogen-bond acceptors (Lipinski definition) is 6. The second-order valence-corrected chi connectivity index (χ2v) is 6.79. The Morgan fingerprint density at radius 1 is 1.11 bits per heavy atom. The smallest absolute Gasteiger partial charge is 0.225 e. The Hall–Kier alpha value is -0.860. The zero-order valence-corrected chi connectivity index (χ0v) is 17.9. The van der Waals surface area contributed by atoms with Gasteiger partial charge in [0, 0.05) is 64.1 Å². The minimum atomic E-state index is 0. The van der Waals surface area contributed by atoms with Crippen LogP contribution in [0, 0.1) is 5.92 Å². The van der Waals surface area contributed by atoms with E-state index >= 15 is 0 Å². The molecule has 0 aromatic carbocycles. The van der Waals surface area contributed by atoms with Gasteiger partial charge in [0.05, 0.1) is 0 Å². The maximum absolute atomic E-state index is 12.0. The summed E-state index contributed by atoms with van der Waals surface area (Å²) in [6, 6.07) is 2.05. The van der Waals surface area contributed by atoms with Crippen LogP contribution in [0.1, 0.15) is 25.7 Å². The van der Waals surface area contributed by atoms with Crippen LogP contribution in [-0.2, 0) is 4.79 Å². The minimum absolute atomic E-state index is 0. The van der Waals surface area contributed by atoms with Crippen molar-refractivity contribution in [3.63, 3.8) is 0 Å². The number of halogens is 3. The van der Waals surface area contributed by atoms with Crippen molar-refractivity contribution in [1.82, 2.24) is 20.2 Å². The number of nitrogens with one attached hydrogen (secondary N) is 1. The molecule has 2 aliphatic rings. The molecule has 3 N–H and O–H groups in total. The number of carbonyl (C=O) groups excluding carboxylic acids is 1. The maximum Gasteiger partial charge on any atom is 0.225 e. The number of hydrogen-bond donors (Lipinski definition) is 2. The van der Waals surface area contributed by atoms with E-state index in [0.29, 0.717) is 18.9 Å².